The minimum atomic E-state index is -0.397. The van der Waals surface area contributed by atoms with E-state index in [-0.39, 0.29) is 17.7 Å². The average molecular weight is 222 g/mol. The van der Waals surface area contributed by atoms with Gasteiger partial charge >= 0.3 is 0 Å². The molecule has 1 aromatic carbocycles. The van der Waals surface area contributed by atoms with E-state index in [1.807, 2.05) is 13.8 Å². The van der Waals surface area contributed by atoms with Crippen molar-refractivity contribution in [2.45, 2.75) is 32.8 Å². The Bertz CT molecular complexity index is 416. The molecular weight excluding hydrogens is 207 g/mol. The Morgan fingerprint density at radius 3 is 2.88 bits per heavy atom. The molecule has 0 aromatic heterocycles. The van der Waals surface area contributed by atoms with Crippen molar-refractivity contribution in [3.8, 4) is 5.75 Å². The second kappa shape index (κ2) is 3.89. The van der Waals surface area contributed by atoms with Gasteiger partial charge in [0.1, 0.15) is 23.5 Å². The van der Waals surface area contributed by atoms with Crippen LogP contribution >= 0.6 is 0 Å². The molecule has 1 aliphatic carbocycles. The number of carbonyl (C=O) groups excluding carboxylic acids is 1. The molecule has 86 valence electrons. The van der Waals surface area contributed by atoms with Crippen LogP contribution < -0.4 is 4.74 Å². The van der Waals surface area contributed by atoms with Gasteiger partial charge in [-0.25, -0.2) is 4.39 Å². The first kappa shape index (κ1) is 11.1. The van der Waals surface area contributed by atoms with Crippen molar-refractivity contribution in [3.05, 3.63) is 30.1 Å². The van der Waals surface area contributed by atoms with Crippen LogP contribution in [0.2, 0.25) is 0 Å². The molecule has 1 aromatic rings. The predicted molar refractivity (Wildman–Crippen MR) is 58.8 cm³/mol. The summed E-state index contributed by atoms with van der Waals surface area (Å²) in [5.41, 5.74) is -0.397. The van der Waals surface area contributed by atoms with Crippen LogP contribution in [0.15, 0.2) is 24.3 Å². The Morgan fingerprint density at radius 1 is 1.56 bits per heavy atom. The number of benzene rings is 1. The summed E-state index contributed by atoms with van der Waals surface area (Å²) in [4.78, 5) is 11.5. The molecule has 0 radical (unpaired) electrons. The van der Waals surface area contributed by atoms with Gasteiger partial charge in [0.25, 0.3) is 0 Å². The second-order valence-electron chi connectivity index (χ2n) is 4.46. The van der Waals surface area contributed by atoms with Crippen molar-refractivity contribution in [3.63, 3.8) is 0 Å². The summed E-state index contributed by atoms with van der Waals surface area (Å²) in [6.07, 6.45) is 1.07. The molecule has 0 N–H and O–H groups in total. The molecule has 2 unspecified atom stereocenters. The molecule has 2 nitrogen and oxygen atoms in total. The third-order valence-corrected chi connectivity index (χ3v) is 3.53. The summed E-state index contributed by atoms with van der Waals surface area (Å²) in [6, 6.07) is 6.03. The summed E-state index contributed by atoms with van der Waals surface area (Å²) in [5.74, 6) is 0.412. The first-order valence-electron chi connectivity index (χ1n) is 5.52. The Morgan fingerprint density at radius 2 is 2.31 bits per heavy atom. The molecular formula is C13H15FO2. The fourth-order valence-electron chi connectivity index (χ4n) is 1.98. The number of rotatable bonds is 3. The zero-order chi connectivity index (χ0) is 11.8. The highest BCUT2D eigenvalue weighted by molar-refractivity contribution is 5.92. The van der Waals surface area contributed by atoms with Gasteiger partial charge in [0, 0.05) is 12.5 Å². The van der Waals surface area contributed by atoms with Crippen LogP contribution in [0.1, 0.15) is 26.7 Å². The van der Waals surface area contributed by atoms with Gasteiger partial charge in [-0.2, -0.15) is 0 Å². The molecule has 16 heavy (non-hydrogen) atoms. The average Bonchev–Trinajstić information content (AvgIpc) is 2.27. The van der Waals surface area contributed by atoms with Gasteiger partial charge in [-0.15, -0.1) is 0 Å². The fraction of sp³-hybridized carbons (Fsp3) is 0.462. The van der Waals surface area contributed by atoms with Crippen LogP contribution in [0.25, 0.3) is 0 Å². The van der Waals surface area contributed by atoms with Crippen LogP contribution in [0.3, 0.4) is 0 Å². The highest BCUT2D eigenvalue weighted by atomic mass is 19.1. The monoisotopic (exact) mass is 222 g/mol. The molecule has 1 saturated carbocycles. The lowest BCUT2D eigenvalue weighted by molar-refractivity contribution is -0.150. The van der Waals surface area contributed by atoms with E-state index in [1.165, 1.54) is 12.1 Å². The Balaban J connectivity index is 2.09. The standard InChI is InChI=1S/C13H15FO2/c1-3-13(2)11(15)8-12(13)16-10-6-4-5-9(14)7-10/h4-7,12H,3,8H2,1-2H3. The maximum Gasteiger partial charge on any atom is 0.146 e. The van der Waals surface area contributed by atoms with E-state index < -0.39 is 5.41 Å². The first-order chi connectivity index (χ1) is 7.56. The Hall–Kier alpha value is -1.38. The third kappa shape index (κ3) is 1.70. The zero-order valence-corrected chi connectivity index (χ0v) is 9.50. The van der Waals surface area contributed by atoms with Crippen molar-refractivity contribution in [2.24, 2.45) is 5.41 Å². The first-order valence-corrected chi connectivity index (χ1v) is 5.52. The maximum absolute atomic E-state index is 12.9. The molecule has 0 spiro atoms. The molecule has 1 fully saturated rings. The molecule has 1 aliphatic rings. The zero-order valence-electron chi connectivity index (χ0n) is 9.50. The minimum Gasteiger partial charge on any atom is -0.489 e. The molecule has 0 aliphatic heterocycles. The number of hydrogen-bond donors (Lipinski definition) is 0. The van der Waals surface area contributed by atoms with Crippen molar-refractivity contribution in [1.82, 2.24) is 0 Å². The van der Waals surface area contributed by atoms with E-state index in [1.54, 1.807) is 12.1 Å². The van der Waals surface area contributed by atoms with Crippen molar-refractivity contribution in [2.75, 3.05) is 0 Å². The Kier molecular flexibility index (Phi) is 2.70. The lowest BCUT2D eigenvalue weighted by atomic mass is 9.64. The van der Waals surface area contributed by atoms with Crippen molar-refractivity contribution in [1.29, 1.82) is 0 Å². The van der Waals surface area contributed by atoms with Gasteiger partial charge in [-0.05, 0) is 25.5 Å². The highest BCUT2D eigenvalue weighted by Crippen LogP contribution is 2.42. The normalized spacial score (nSPS) is 28.7. The van der Waals surface area contributed by atoms with Crippen LogP contribution in [0, 0.1) is 11.2 Å². The van der Waals surface area contributed by atoms with Crippen LogP contribution in [-0.4, -0.2) is 11.9 Å². The number of Topliss-reactive ketones (excluding diaryl/α,β-unsaturated/α-hetero) is 1. The molecule has 3 heteroatoms. The topological polar surface area (TPSA) is 26.3 Å². The van der Waals surface area contributed by atoms with Crippen molar-refractivity contribution < 1.29 is 13.9 Å². The number of hydrogen-bond acceptors (Lipinski definition) is 2. The largest absolute Gasteiger partial charge is 0.489 e. The number of halogens is 1. The van der Waals surface area contributed by atoms with Crippen molar-refractivity contribution >= 4 is 5.78 Å². The molecule has 0 saturated heterocycles. The summed E-state index contributed by atoms with van der Waals surface area (Å²) in [6.45, 7) is 3.88. The van der Waals surface area contributed by atoms with E-state index in [2.05, 4.69) is 0 Å². The molecule has 2 rings (SSSR count). The van der Waals surface area contributed by atoms with Gasteiger partial charge in [-0.3, -0.25) is 4.79 Å². The Labute approximate surface area is 94.4 Å². The van der Waals surface area contributed by atoms with E-state index in [4.69, 9.17) is 4.74 Å². The minimum absolute atomic E-state index is 0.119. The summed E-state index contributed by atoms with van der Waals surface area (Å²) in [5, 5.41) is 0. The predicted octanol–water partition coefficient (Wildman–Crippen LogP) is 2.96. The second-order valence-corrected chi connectivity index (χ2v) is 4.46. The van der Waals surface area contributed by atoms with Crippen LogP contribution in [0.5, 0.6) is 5.75 Å². The number of ketones is 1. The molecule has 2 atom stereocenters. The van der Waals surface area contributed by atoms with Gasteiger partial charge in [-0.1, -0.05) is 13.0 Å². The van der Waals surface area contributed by atoms with Crippen LogP contribution in [-0.2, 0) is 4.79 Å². The van der Waals surface area contributed by atoms with Gasteiger partial charge in [0.2, 0.25) is 0 Å². The number of ether oxygens (including phenoxy) is 1. The van der Waals surface area contributed by atoms with Gasteiger partial charge < -0.3 is 4.74 Å². The molecule has 0 amide bonds. The van der Waals surface area contributed by atoms with Gasteiger partial charge in [0.15, 0.2) is 0 Å². The fourth-order valence-corrected chi connectivity index (χ4v) is 1.98. The molecule has 0 bridgehead atoms. The van der Waals surface area contributed by atoms with E-state index in [0.29, 0.717) is 12.2 Å². The van der Waals surface area contributed by atoms with E-state index >= 15 is 0 Å². The summed E-state index contributed by atoms with van der Waals surface area (Å²) < 4.78 is 18.6. The van der Waals surface area contributed by atoms with E-state index in [0.717, 1.165) is 6.42 Å². The maximum atomic E-state index is 12.9. The third-order valence-electron chi connectivity index (χ3n) is 3.53. The SMILES string of the molecule is CCC1(C)C(=O)CC1Oc1cccc(F)c1. The van der Waals surface area contributed by atoms with E-state index in [9.17, 15) is 9.18 Å². The summed E-state index contributed by atoms with van der Waals surface area (Å²) in [7, 11) is 0. The smallest absolute Gasteiger partial charge is 0.146 e. The van der Waals surface area contributed by atoms with Crippen LogP contribution in [0.4, 0.5) is 4.39 Å². The summed E-state index contributed by atoms with van der Waals surface area (Å²) >= 11 is 0. The quantitative estimate of drug-likeness (QED) is 0.786. The lowest BCUT2D eigenvalue weighted by Gasteiger charge is -2.44. The number of carbonyl (C=O) groups is 1. The highest BCUT2D eigenvalue weighted by Gasteiger charge is 2.51. The molecule has 0 heterocycles. The van der Waals surface area contributed by atoms with Gasteiger partial charge in [0.05, 0.1) is 5.41 Å². The lowest BCUT2D eigenvalue weighted by Crippen LogP contribution is -2.54.